The van der Waals surface area contributed by atoms with Crippen molar-refractivity contribution >= 4 is 0 Å². The maximum atomic E-state index is 5.63. The molecule has 0 bridgehead atoms. The molecular formula is C16H15O3. The van der Waals surface area contributed by atoms with E-state index in [0.29, 0.717) is 0 Å². The number of rotatable bonds is 3. The smallest absolute Gasteiger partial charge is 0.140 e. The molecule has 0 atom stereocenters. The van der Waals surface area contributed by atoms with Gasteiger partial charge in [0.1, 0.15) is 23.9 Å². The van der Waals surface area contributed by atoms with Crippen molar-refractivity contribution in [2.45, 2.75) is 6.42 Å². The van der Waals surface area contributed by atoms with Crippen molar-refractivity contribution in [2.75, 3.05) is 14.2 Å². The number of benzene rings is 2. The fourth-order valence-corrected chi connectivity index (χ4v) is 2.33. The number of fused-ring (bicyclic) bond motifs is 1. The maximum absolute atomic E-state index is 5.63. The fraction of sp³-hybridized carbons (Fsp3) is 0.188. The SMILES string of the molecule is COc1ccc(-c2cccc3c2O[CH]C3)c(OC)c1. The molecule has 0 spiro atoms. The molecule has 0 aliphatic carbocycles. The van der Waals surface area contributed by atoms with Crippen LogP contribution in [-0.2, 0) is 6.42 Å². The summed E-state index contributed by atoms with van der Waals surface area (Å²) in [7, 11) is 3.31. The lowest BCUT2D eigenvalue weighted by Crippen LogP contribution is -1.92. The molecule has 1 radical (unpaired) electrons. The molecule has 1 aliphatic heterocycles. The Morgan fingerprint density at radius 1 is 1.00 bits per heavy atom. The van der Waals surface area contributed by atoms with Crippen LogP contribution >= 0.6 is 0 Å². The monoisotopic (exact) mass is 255 g/mol. The zero-order valence-corrected chi connectivity index (χ0v) is 11.0. The van der Waals surface area contributed by atoms with Crippen LogP contribution in [0.2, 0.25) is 0 Å². The molecule has 1 aliphatic rings. The predicted molar refractivity (Wildman–Crippen MR) is 73.6 cm³/mol. The van der Waals surface area contributed by atoms with Crippen LogP contribution in [0.4, 0.5) is 0 Å². The van der Waals surface area contributed by atoms with Crippen molar-refractivity contribution in [2.24, 2.45) is 0 Å². The van der Waals surface area contributed by atoms with Crippen LogP contribution in [0, 0.1) is 6.61 Å². The largest absolute Gasteiger partial charge is 0.497 e. The van der Waals surface area contributed by atoms with E-state index in [1.165, 1.54) is 5.56 Å². The third-order valence-corrected chi connectivity index (χ3v) is 3.30. The Balaban J connectivity index is 2.14. The molecule has 3 rings (SSSR count). The minimum Gasteiger partial charge on any atom is -0.497 e. The van der Waals surface area contributed by atoms with Crippen LogP contribution in [0.15, 0.2) is 36.4 Å². The first kappa shape index (κ1) is 11.9. The lowest BCUT2D eigenvalue weighted by Gasteiger charge is -2.13. The highest BCUT2D eigenvalue weighted by molar-refractivity contribution is 5.78. The Morgan fingerprint density at radius 3 is 2.68 bits per heavy atom. The molecule has 0 amide bonds. The maximum Gasteiger partial charge on any atom is 0.140 e. The van der Waals surface area contributed by atoms with Gasteiger partial charge in [0, 0.05) is 23.6 Å². The molecule has 2 aromatic rings. The first-order chi connectivity index (χ1) is 9.33. The summed E-state index contributed by atoms with van der Waals surface area (Å²) in [6.45, 7) is 1.82. The first-order valence-electron chi connectivity index (χ1n) is 6.16. The fourth-order valence-electron chi connectivity index (χ4n) is 2.33. The third-order valence-electron chi connectivity index (χ3n) is 3.30. The van der Waals surface area contributed by atoms with Gasteiger partial charge in [0.05, 0.1) is 14.2 Å². The van der Waals surface area contributed by atoms with Gasteiger partial charge in [-0.05, 0) is 17.7 Å². The van der Waals surface area contributed by atoms with Crippen LogP contribution < -0.4 is 14.2 Å². The van der Waals surface area contributed by atoms with Gasteiger partial charge in [-0.15, -0.1) is 0 Å². The van der Waals surface area contributed by atoms with E-state index in [9.17, 15) is 0 Å². The molecule has 1 heterocycles. The van der Waals surface area contributed by atoms with E-state index < -0.39 is 0 Å². The van der Waals surface area contributed by atoms with Crippen molar-refractivity contribution in [3.63, 3.8) is 0 Å². The van der Waals surface area contributed by atoms with Gasteiger partial charge < -0.3 is 14.2 Å². The van der Waals surface area contributed by atoms with E-state index >= 15 is 0 Å². The summed E-state index contributed by atoms with van der Waals surface area (Å²) in [6.07, 6.45) is 0.849. The van der Waals surface area contributed by atoms with Gasteiger partial charge in [-0.25, -0.2) is 0 Å². The summed E-state index contributed by atoms with van der Waals surface area (Å²) in [5.74, 6) is 2.48. The molecule has 0 N–H and O–H groups in total. The van der Waals surface area contributed by atoms with Crippen LogP contribution in [0.1, 0.15) is 5.56 Å². The van der Waals surface area contributed by atoms with Gasteiger partial charge >= 0.3 is 0 Å². The summed E-state index contributed by atoms with van der Waals surface area (Å²) in [5.41, 5.74) is 3.26. The first-order valence-corrected chi connectivity index (χ1v) is 6.16. The Kier molecular flexibility index (Phi) is 3.03. The van der Waals surface area contributed by atoms with Crippen LogP contribution in [0.25, 0.3) is 11.1 Å². The highest BCUT2D eigenvalue weighted by Crippen LogP contribution is 2.42. The molecule has 0 saturated carbocycles. The van der Waals surface area contributed by atoms with Crippen LogP contribution in [-0.4, -0.2) is 14.2 Å². The standard InChI is InChI=1S/C16H15O3/c1-17-12-6-7-13(15(10-12)18-2)14-5-3-4-11-8-9-19-16(11)14/h3-7,9-10H,8H2,1-2H3. The van der Waals surface area contributed by atoms with E-state index in [4.69, 9.17) is 14.2 Å². The zero-order chi connectivity index (χ0) is 13.2. The Hall–Kier alpha value is -2.16. The van der Waals surface area contributed by atoms with Gasteiger partial charge in [0.25, 0.3) is 0 Å². The average Bonchev–Trinajstić information content (AvgIpc) is 2.95. The Bertz CT molecular complexity index is 605. The molecule has 0 unspecified atom stereocenters. The van der Waals surface area contributed by atoms with Gasteiger partial charge in [-0.2, -0.15) is 0 Å². The summed E-state index contributed by atoms with van der Waals surface area (Å²) < 4.78 is 16.3. The van der Waals surface area contributed by atoms with Crippen molar-refractivity contribution in [3.8, 4) is 28.4 Å². The van der Waals surface area contributed by atoms with E-state index in [-0.39, 0.29) is 0 Å². The predicted octanol–water partition coefficient (Wildman–Crippen LogP) is 3.47. The Labute approximate surface area is 112 Å². The lowest BCUT2D eigenvalue weighted by molar-refractivity contribution is 0.395. The van der Waals surface area contributed by atoms with Crippen LogP contribution in [0.5, 0.6) is 17.2 Å². The van der Waals surface area contributed by atoms with Gasteiger partial charge in [-0.3, -0.25) is 0 Å². The van der Waals surface area contributed by atoms with Crippen molar-refractivity contribution in [3.05, 3.63) is 48.6 Å². The number of ether oxygens (including phenoxy) is 3. The van der Waals surface area contributed by atoms with E-state index in [2.05, 4.69) is 6.07 Å². The quantitative estimate of drug-likeness (QED) is 0.840. The molecule has 2 aromatic carbocycles. The third kappa shape index (κ3) is 2.01. The summed E-state index contributed by atoms with van der Waals surface area (Å²) in [5, 5.41) is 0. The summed E-state index contributed by atoms with van der Waals surface area (Å²) in [4.78, 5) is 0. The van der Waals surface area contributed by atoms with Gasteiger partial charge in [0.2, 0.25) is 0 Å². The zero-order valence-electron chi connectivity index (χ0n) is 11.0. The normalized spacial score (nSPS) is 12.7. The second-order valence-electron chi connectivity index (χ2n) is 4.35. The highest BCUT2D eigenvalue weighted by Gasteiger charge is 2.19. The second-order valence-corrected chi connectivity index (χ2v) is 4.35. The molecule has 19 heavy (non-hydrogen) atoms. The molecule has 3 heteroatoms. The molecule has 0 saturated heterocycles. The molecular weight excluding hydrogens is 240 g/mol. The number of hydrogen-bond acceptors (Lipinski definition) is 3. The molecule has 0 aromatic heterocycles. The van der Waals surface area contributed by atoms with Crippen molar-refractivity contribution in [1.82, 2.24) is 0 Å². The highest BCUT2D eigenvalue weighted by atomic mass is 16.5. The molecule has 97 valence electrons. The number of para-hydroxylation sites is 1. The van der Waals surface area contributed by atoms with Gasteiger partial charge in [-0.1, -0.05) is 18.2 Å². The topological polar surface area (TPSA) is 27.7 Å². The van der Waals surface area contributed by atoms with Crippen molar-refractivity contribution < 1.29 is 14.2 Å². The summed E-state index contributed by atoms with van der Waals surface area (Å²) >= 11 is 0. The van der Waals surface area contributed by atoms with E-state index in [1.807, 2.05) is 36.9 Å². The lowest BCUT2D eigenvalue weighted by atomic mass is 10.0. The second kappa shape index (κ2) is 4.84. The Morgan fingerprint density at radius 2 is 1.89 bits per heavy atom. The summed E-state index contributed by atoms with van der Waals surface area (Å²) in [6, 6.07) is 12.0. The molecule has 0 fully saturated rings. The van der Waals surface area contributed by atoms with Crippen molar-refractivity contribution in [1.29, 1.82) is 0 Å². The number of hydrogen-bond donors (Lipinski definition) is 0. The molecule has 3 nitrogen and oxygen atoms in total. The minimum absolute atomic E-state index is 0.778. The van der Waals surface area contributed by atoms with Crippen LogP contribution in [0.3, 0.4) is 0 Å². The van der Waals surface area contributed by atoms with E-state index in [1.54, 1.807) is 14.2 Å². The minimum atomic E-state index is 0.778. The average molecular weight is 255 g/mol. The van der Waals surface area contributed by atoms with E-state index in [0.717, 1.165) is 34.8 Å². The number of methoxy groups -OCH3 is 2. The van der Waals surface area contributed by atoms with Gasteiger partial charge in [0.15, 0.2) is 0 Å².